The van der Waals surface area contributed by atoms with E-state index in [9.17, 15) is 33.9 Å². The van der Waals surface area contributed by atoms with Crippen LogP contribution in [0.2, 0.25) is 0 Å². The molecular weight excluding hydrogens is 468 g/mol. The van der Waals surface area contributed by atoms with Gasteiger partial charge in [0.1, 0.15) is 18.1 Å². The van der Waals surface area contributed by atoms with Gasteiger partial charge in [-0.2, -0.15) is 24.4 Å². The topological polar surface area (TPSA) is 225 Å². The van der Waals surface area contributed by atoms with Gasteiger partial charge in [-0.25, -0.2) is 4.79 Å². The van der Waals surface area contributed by atoms with Crippen LogP contribution in [0.15, 0.2) is 0 Å². The van der Waals surface area contributed by atoms with Crippen molar-refractivity contribution in [1.82, 2.24) is 16.0 Å². The molecule has 182 valence electrons. The first-order chi connectivity index (χ1) is 14.9. The van der Waals surface area contributed by atoms with E-state index in [2.05, 4.69) is 28.6 Å². The van der Waals surface area contributed by atoms with E-state index >= 15 is 0 Å². The predicted molar refractivity (Wildman–Crippen MR) is 117 cm³/mol. The highest BCUT2D eigenvalue weighted by molar-refractivity contribution is 7.98. The van der Waals surface area contributed by atoms with Gasteiger partial charge in [-0.1, -0.05) is 0 Å². The number of amides is 3. The van der Waals surface area contributed by atoms with E-state index in [-0.39, 0.29) is 18.6 Å². The second kappa shape index (κ2) is 15.3. The number of thioether (sulfide) groups is 1. The number of carbonyl (C=O) groups excluding carboxylic acids is 3. The number of hydrogen-bond donors (Lipinski definition) is 8. The number of carboxylic acids is 3. The zero-order valence-corrected chi connectivity index (χ0v) is 19.0. The molecule has 32 heavy (non-hydrogen) atoms. The molecular formula is C17H28N4O9S2. The molecule has 0 aromatic carbocycles. The molecule has 0 aromatic heterocycles. The van der Waals surface area contributed by atoms with Crippen molar-refractivity contribution in [2.45, 2.75) is 49.9 Å². The molecule has 3 amide bonds. The molecule has 8 N–H and O–H groups in total. The Kier molecular flexibility index (Phi) is 14.1. The maximum Gasteiger partial charge on any atom is 0.326 e. The summed E-state index contributed by atoms with van der Waals surface area (Å²) >= 11 is 5.31. The minimum atomic E-state index is -1.43. The third-order valence-electron chi connectivity index (χ3n) is 4.05. The zero-order chi connectivity index (χ0) is 24.8. The standard InChI is InChI=1S/C17H28N4O9S2/c1-32-5-4-10(17(29)30)20-15(27)9(2-3-12(22)23)19-16(28)11(7-31)21-14(26)8(18)6-13(24)25/h8-11,31H,2-7,18H2,1H3,(H,19,28)(H,20,27)(H,21,26)(H,22,23)(H,24,25)(H,29,30). The number of carboxylic acid groups (broad SMARTS) is 3. The van der Waals surface area contributed by atoms with Crippen molar-refractivity contribution in [2.75, 3.05) is 17.8 Å². The first-order valence-corrected chi connectivity index (χ1v) is 11.4. The predicted octanol–water partition coefficient (Wildman–Crippen LogP) is -2.12. The second-order valence-electron chi connectivity index (χ2n) is 6.62. The molecule has 0 aliphatic carbocycles. The SMILES string of the molecule is CSCCC(NC(=O)C(CCC(=O)O)NC(=O)C(CS)NC(=O)C(N)CC(=O)O)C(=O)O. The minimum absolute atomic E-state index is 0.110. The van der Waals surface area contributed by atoms with E-state index in [0.29, 0.717) is 5.75 Å². The molecule has 4 unspecified atom stereocenters. The summed E-state index contributed by atoms with van der Waals surface area (Å²) in [6.07, 6.45) is 0.350. The number of nitrogens with one attached hydrogen (secondary N) is 3. The summed E-state index contributed by atoms with van der Waals surface area (Å²) in [6.45, 7) is 0. The van der Waals surface area contributed by atoms with Gasteiger partial charge in [0.15, 0.2) is 0 Å². The van der Waals surface area contributed by atoms with Crippen LogP contribution < -0.4 is 21.7 Å². The number of aliphatic carboxylic acids is 3. The van der Waals surface area contributed by atoms with E-state index in [1.807, 2.05) is 0 Å². The van der Waals surface area contributed by atoms with Crippen molar-refractivity contribution < 1.29 is 44.1 Å². The normalized spacial score (nSPS) is 14.3. The third-order valence-corrected chi connectivity index (χ3v) is 5.06. The lowest BCUT2D eigenvalue weighted by Gasteiger charge is -2.24. The van der Waals surface area contributed by atoms with Gasteiger partial charge < -0.3 is 37.0 Å². The average molecular weight is 497 g/mol. The lowest BCUT2D eigenvalue weighted by atomic mass is 10.1. The molecule has 0 radical (unpaired) electrons. The van der Waals surface area contributed by atoms with Crippen LogP contribution in [0.1, 0.15) is 25.7 Å². The highest BCUT2D eigenvalue weighted by Crippen LogP contribution is 2.05. The Balaban J connectivity index is 5.30. The molecule has 0 spiro atoms. The van der Waals surface area contributed by atoms with E-state index in [1.54, 1.807) is 6.26 Å². The van der Waals surface area contributed by atoms with Gasteiger partial charge in [0, 0.05) is 12.2 Å². The van der Waals surface area contributed by atoms with Crippen molar-refractivity contribution >= 4 is 60.0 Å². The lowest BCUT2D eigenvalue weighted by molar-refractivity contribution is -0.143. The minimum Gasteiger partial charge on any atom is -0.481 e. The summed E-state index contributed by atoms with van der Waals surface area (Å²) in [7, 11) is 0. The van der Waals surface area contributed by atoms with Crippen LogP contribution in [0.3, 0.4) is 0 Å². The molecule has 0 aromatic rings. The van der Waals surface area contributed by atoms with Crippen LogP contribution in [0, 0.1) is 0 Å². The fraction of sp³-hybridized carbons (Fsp3) is 0.647. The molecule has 0 aliphatic rings. The van der Waals surface area contributed by atoms with Gasteiger partial charge in [0.05, 0.1) is 12.5 Å². The molecule has 0 saturated carbocycles. The van der Waals surface area contributed by atoms with Gasteiger partial charge in [-0.15, -0.1) is 0 Å². The highest BCUT2D eigenvalue weighted by atomic mass is 32.2. The van der Waals surface area contributed by atoms with Crippen LogP contribution >= 0.6 is 24.4 Å². The van der Waals surface area contributed by atoms with Gasteiger partial charge in [0.25, 0.3) is 0 Å². The fourth-order valence-corrected chi connectivity index (χ4v) is 3.06. The summed E-state index contributed by atoms with van der Waals surface area (Å²) in [6, 6.07) is -5.38. The molecule has 0 saturated heterocycles. The quantitative estimate of drug-likeness (QED) is 0.108. The molecule has 15 heteroatoms. The Labute approximate surface area is 193 Å². The number of thiol groups is 1. The molecule has 0 fully saturated rings. The summed E-state index contributed by atoms with van der Waals surface area (Å²) in [4.78, 5) is 70.0. The smallest absolute Gasteiger partial charge is 0.326 e. The molecule has 0 rings (SSSR count). The van der Waals surface area contributed by atoms with E-state index in [1.165, 1.54) is 11.8 Å². The first-order valence-electron chi connectivity index (χ1n) is 9.35. The maximum atomic E-state index is 12.6. The Morgan fingerprint density at radius 3 is 1.84 bits per heavy atom. The van der Waals surface area contributed by atoms with Crippen LogP contribution in [0.4, 0.5) is 0 Å². The second-order valence-corrected chi connectivity index (χ2v) is 7.97. The number of nitrogens with two attached hydrogens (primary N) is 1. The maximum absolute atomic E-state index is 12.6. The Morgan fingerprint density at radius 1 is 0.844 bits per heavy atom. The van der Waals surface area contributed by atoms with E-state index in [0.717, 1.165) is 0 Å². The van der Waals surface area contributed by atoms with Crippen molar-refractivity contribution in [3.8, 4) is 0 Å². The van der Waals surface area contributed by atoms with Crippen molar-refractivity contribution in [3.05, 3.63) is 0 Å². The monoisotopic (exact) mass is 496 g/mol. The van der Waals surface area contributed by atoms with E-state index in [4.69, 9.17) is 15.9 Å². The summed E-state index contributed by atoms with van der Waals surface area (Å²) in [5.74, 6) is -6.39. The summed E-state index contributed by atoms with van der Waals surface area (Å²) in [5.41, 5.74) is 5.44. The van der Waals surface area contributed by atoms with Gasteiger partial charge in [-0.3, -0.25) is 24.0 Å². The van der Waals surface area contributed by atoms with Gasteiger partial charge in [0.2, 0.25) is 17.7 Å². The average Bonchev–Trinajstić information content (AvgIpc) is 2.70. The Bertz CT molecular complexity index is 708. The molecule has 4 atom stereocenters. The zero-order valence-electron chi connectivity index (χ0n) is 17.3. The Morgan fingerprint density at radius 2 is 1.38 bits per heavy atom. The largest absolute Gasteiger partial charge is 0.481 e. The van der Waals surface area contributed by atoms with Crippen LogP contribution in [0.25, 0.3) is 0 Å². The van der Waals surface area contributed by atoms with Gasteiger partial charge in [-0.05, 0) is 24.9 Å². The van der Waals surface area contributed by atoms with Crippen molar-refractivity contribution in [2.24, 2.45) is 5.73 Å². The van der Waals surface area contributed by atoms with Gasteiger partial charge >= 0.3 is 17.9 Å². The third kappa shape index (κ3) is 11.8. The summed E-state index contributed by atoms with van der Waals surface area (Å²) < 4.78 is 0. The molecule has 0 aliphatic heterocycles. The van der Waals surface area contributed by atoms with Crippen molar-refractivity contribution in [3.63, 3.8) is 0 Å². The first kappa shape index (κ1) is 29.5. The lowest BCUT2D eigenvalue weighted by Crippen LogP contribution is -2.57. The van der Waals surface area contributed by atoms with Crippen LogP contribution in [-0.2, 0) is 28.8 Å². The number of hydrogen-bond acceptors (Lipinski definition) is 9. The number of rotatable bonds is 16. The van der Waals surface area contributed by atoms with Crippen molar-refractivity contribution in [1.29, 1.82) is 0 Å². The van der Waals surface area contributed by atoms with Crippen LogP contribution in [0.5, 0.6) is 0 Å². The molecule has 0 heterocycles. The van der Waals surface area contributed by atoms with Crippen LogP contribution in [-0.4, -0.2) is 92.9 Å². The number of carbonyl (C=O) groups is 6. The highest BCUT2D eigenvalue weighted by Gasteiger charge is 2.30. The molecule has 0 bridgehead atoms. The molecule has 13 nitrogen and oxygen atoms in total. The fourth-order valence-electron chi connectivity index (χ4n) is 2.33. The summed E-state index contributed by atoms with van der Waals surface area (Å²) in [5, 5.41) is 33.6. The van der Waals surface area contributed by atoms with E-state index < -0.39 is 72.6 Å². The Hall–Kier alpha value is -2.52.